The number of imide groups is 1. The van der Waals surface area contributed by atoms with Crippen LogP contribution in [0.1, 0.15) is 39.5 Å². The first-order valence-electron chi connectivity index (χ1n) is 10.2. The van der Waals surface area contributed by atoms with Crippen LogP contribution in [0.5, 0.6) is 0 Å². The Bertz CT molecular complexity index is 832. The van der Waals surface area contributed by atoms with Gasteiger partial charge in [0.15, 0.2) is 0 Å². The van der Waals surface area contributed by atoms with E-state index in [9.17, 15) is 14.4 Å². The summed E-state index contributed by atoms with van der Waals surface area (Å²) in [7, 11) is 2.28. The number of aromatic nitrogens is 1. The monoisotopic (exact) mass is 484 g/mol. The van der Waals surface area contributed by atoms with Gasteiger partial charge >= 0.3 is 5.97 Å². The van der Waals surface area contributed by atoms with Crippen molar-refractivity contribution < 1.29 is 29.3 Å². The number of carboxylic acid groups (broad SMARTS) is 1. The standard InChI is InChI=1S/C20H28N4O6S2/c1-3-12(4-2)19(21)23-13-5-6-16(22-9-13)24-17(26)8-15(20(24)29)32-31-14(7-18(27)28)10-30-11-25/h5-6,9,12,14-15,25H,3-4,7-8,10-11H2,1-2H3,(H2,21,23)(H,27,28). The molecule has 1 aliphatic rings. The highest BCUT2D eigenvalue weighted by molar-refractivity contribution is 8.77. The zero-order valence-corrected chi connectivity index (χ0v) is 19.6. The third-order valence-corrected chi connectivity index (χ3v) is 7.97. The van der Waals surface area contributed by atoms with E-state index >= 15 is 0 Å². The molecule has 12 heteroatoms. The Morgan fingerprint density at radius 3 is 2.66 bits per heavy atom. The molecule has 1 fully saturated rings. The van der Waals surface area contributed by atoms with Gasteiger partial charge in [0.05, 0.1) is 24.9 Å². The van der Waals surface area contributed by atoms with Crippen molar-refractivity contribution in [3.63, 3.8) is 0 Å². The van der Waals surface area contributed by atoms with Crippen molar-refractivity contribution in [2.24, 2.45) is 16.6 Å². The minimum atomic E-state index is -1.02. The number of carbonyl (C=O) groups is 3. The Balaban J connectivity index is 2.04. The fraction of sp³-hybridized carbons (Fsp3) is 0.550. The van der Waals surface area contributed by atoms with Crippen molar-refractivity contribution in [2.45, 2.75) is 50.0 Å². The second-order valence-electron chi connectivity index (χ2n) is 7.10. The van der Waals surface area contributed by atoms with Crippen molar-refractivity contribution in [3.8, 4) is 0 Å². The number of nitrogens with zero attached hydrogens (tertiary/aromatic N) is 3. The van der Waals surface area contributed by atoms with Crippen LogP contribution in [-0.2, 0) is 19.1 Å². The lowest BCUT2D eigenvalue weighted by Gasteiger charge is -2.16. The normalized spacial score (nSPS) is 17.9. The number of nitrogens with two attached hydrogens (primary N) is 1. The molecule has 0 saturated carbocycles. The van der Waals surface area contributed by atoms with Gasteiger partial charge in [0.25, 0.3) is 0 Å². The Morgan fingerprint density at radius 2 is 2.09 bits per heavy atom. The van der Waals surface area contributed by atoms with Gasteiger partial charge in [0, 0.05) is 17.6 Å². The lowest BCUT2D eigenvalue weighted by atomic mass is 10.0. The number of ether oxygens (including phenoxy) is 1. The van der Waals surface area contributed by atoms with Gasteiger partial charge in [0.2, 0.25) is 11.8 Å². The summed E-state index contributed by atoms with van der Waals surface area (Å²) >= 11 is 0. The zero-order valence-electron chi connectivity index (χ0n) is 18.0. The molecule has 1 aliphatic heterocycles. The zero-order chi connectivity index (χ0) is 23.7. The number of aliphatic hydroxyl groups excluding tert-OH is 1. The summed E-state index contributed by atoms with van der Waals surface area (Å²) in [4.78, 5) is 45.9. The smallest absolute Gasteiger partial charge is 0.304 e. The predicted molar refractivity (Wildman–Crippen MR) is 125 cm³/mol. The summed E-state index contributed by atoms with van der Waals surface area (Å²) in [5, 5.41) is 16.6. The molecule has 1 saturated heterocycles. The number of aliphatic hydroxyl groups is 1. The van der Waals surface area contributed by atoms with Gasteiger partial charge in [-0.15, -0.1) is 0 Å². The van der Waals surface area contributed by atoms with E-state index in [1.807, 2.05) is 13.8 Å². The van der Waals surface area contributed by atoms with E-state index in [0.29, 0.717) is 11.5 Å². The van der Waals surface area contributed by atoms with Crippen molar-refractivity contribution in [1.29, 1.82) is 0 Å². The van der Waals surface area contributed by atoms with Crippen molar-refractivity contribution >= 4 is 56.7 Å². The van der Waals surface area contributed by atoms with E-state index < -0.39 is 29.2 Å². The van der Waals surface area contributed by atoms with E-state index in [4.69, 9.17) is 20.7 Å². The van der Waals surface area contributed by atoms with E-state index in [1.165, 1.54) is 6.20 Å². The highest BCUT2D eigenvalue weighted by Gasteiger charge is 2.41. The van der Waals surface area contributed by atoms with Gasteiger partial charge in [-0.3, -0.25) is 14.4 Å². The second kappa shape index (κ2) is 12.8. The van der Waals surface area contributed by atoms with Crippen LogP contribution >= 0.6 is 21.6 Å². The lowest BCUT2D eigenvalue weighted by molar-refractivity contribution is -0.137. The highest BCUT2D eigenvalue weighted by Crippen LogP contribution is 2.39. The number of amidine groups is 1. The number of hydrogen-bond acceptors (Lipinski definition) is 9. The largest absolute Gasteiger partial charge is 0.481 e. The summed E-state index contributed by atoms with van der Waals surface area (Å²) in [6.45, 7) is 3.57. The quantitative estimate of drug-likeness (QED) is 0.125. The molecule has 10 nitrogen and oxygen atoms in total. The Morgan fingerprint density at radius 1 is 1.38 bits per heavy atom. The van der Waals surface area contributed by atoms with Crippen molar-refractivity contribution in [3.05, 3.63) is 18.3 Å². The number of hydrogen-bond donors (Lipinski definition) is 3. The molecule has 2 unspecified atom stereocenters. The van der Waals surface area contributed by atoms with E-state index in [-0.39, 0.29) is 37.1 Å². The van der Waals surface area contributed by atoms with Crippen LogP contribution in [0.2, 0.25) is 0 Å². The van der Waals surface area contributed by atoms with Crippen LogP contribution in [0.3, 0.4) is 0 Å². The molecule has 1 aromatic rings. The number of amides is 2. The molecule has 0 aromatic carbocycles. The predicted octanol–water partition coefficient (Wildman–Crippen LogP) is 2.33. The average Bonchev–Trinajstić information content (AvgIpc) is 3.04. The van der Waals surface area contributed by atoms with Crippen molar-refractivity contribution in [2.75, 3.05) is 18.3 Å². The third-order valence-electron chi connectivity index (χ3n) is 4.83. The average molecular weight is 485 g/mol. The molecule has 2 rings (SSSR count). The Labute approximate surface area is 194 Å². The van der Waals surface area contributed by atoms with Gasteiger partial charge in [0.1, 0.15) is 23.7 Å². The van der Waals surface area contributed by atoms with Gasteiger partial charge in [-0.1, -0.05) is 35.4 Å². The maximum atomic E-state index is 12.8. The van der Waals surface area contributed by atoms with Crippen LogP contribution in [0.25, 0.3) is 0 Å². The molecule has 2 atom stereocenters. The summed E-state index contributed by atoms with van der Waals surface area (Å²) in [5.74, 6) is -0.901. The molecule has 1 aromatic heterocycles. The van der Waals surface area contributed by atoms with Crippen LogP contribution in [-0.4, -0.2) is 62.7 Å². The maximum absolute atomic E-state index is 12.8. The van der Waals surface area contributed by atoms with Crippen LogP contribution < -0.4 is 10.6 Å². The first-order valence-corrected chi connectivity index (χ1v) is 12.5. The summed E-state index contributed by atoms with van der Waals surface area (Å²) in [6, 6.07) is 3.21. The van der Waals surface area contributed by atoms with Crippen LogP contribution in [0.15, 0.2) is 23.3 Å². The molecule has 32 heavy (non-hydrogen) atoms. The topological polar surface area (TPSA) is 155 Å². The molecule has 176 valence electrons. The summed E-state index contributed by atoms with van der Waals surface area (Å²) < 4.78 is 4.88. The van der Waals surface area contributed by atoms with Gasteiger partial charge < -0.3 is 20.7 Å². The van der Waals surface area contributed by atoms with Gasteiger partial charge in [-0.05, 0) is 25.0 Å². The molecule has 2 amide bonds. The SMILES string of the molecule is CCC(CC)C(N)=Nc1ccc(N2C(=O)CC(SSC(COCO)CC(=O)O)C2=O)nc1. The number of carboxylic acids is 1. The molecular formula is C20H28N4O6S2. The molecule has 2 heterocycles. The Kier molecular flexibility index (Phi) is 10.4. The third kappa shape index (κ3) is 7.19. The van der Waals surface area contributed by atoms with E-state index in [0.717, 1.165) is 39.3 Å². The molecule has 0 aliphatic carbocycles. The number of pyridine rings is 1. The second-order valence-corrected chi connectivity index (χ2v) is 9.87. The van der Waals surface area contributed by atoms with Crippen LogP contribution in [0.4, 0.5) is 11.5 Å². The van der Waals surface area contributed by atoms with E-state index in [1.54, 1.807) is 12.1 Å². The lowest BCUT2D eigenvalue weighted by Crippen LogP contribution is -2.31. The first-order chi connectivity index (χ1) is 15.3. The molecule has 4 N–H and O–H groups in total. The summed E-state index contributed by atoms with van der Waals surface area (Å²) in [6.07, 6.45) is 3.02. The minimum absolute atomic E-state index is 0.0135. The first kappa shape index (κ1) is 26.1. The molecule has 0 spiro atoms. The number of rotatable bonds is 13. The molecule has 0 radical (unpaired) electrons. The number of anilines is 1. The number of aliphatic carboxylic acids is 1. The highest BCUT2D eigenvalue weighted by atomic mass is 33.1. The minimum Gasteiger partial charge on any atom is -0.481 e. The molecular weight excluding hydrogens is 456 g/mol. The number of aliphatic imine (C=N–C) groups is 1. The van der Waals surface area contributed by atoms with Gasteiger partial charge in [-0.2, -0.15) is 0 Å². The van der Waals surface area contributed by atoms with Gasteiger partial charge in [-0.25, -0.2) is 14.9 Å². The van der Waals surface area contributed by atoms with E-state index in [2.05, 4.69) is 9.98 Å². The summed E-state index contributed by atoms with van der Waals surface area (Å²) in [5.41, 5.74) is 6.59. The number of carbonyl (C=O) groups excluding carboxylic acids is 2. The van der Waals surface area contributed by atoms with Crippen molar-refractivity contribution in [1.82, 2.24) is 4.98 Å². The maximum Gasteiger partial charge on any atom is 0.304 e. The molecule has 0 bridgehead atoms. The fourth-order valence-electron chi connectivity index (χ4n) is 3.09. The Hall–Kier alpha value is -2.15. The fourth-order valence-corrected chi connectivity index (χ4v) is 5.84. The van der Waals surface area contributed by atoms with Crippen LogP contribution in [0, 0.1) is 5.92 Å².